The second-order valence-electron chi connectivity index (χ2n) is 8.63. The van der Waals surface area contributed by atoms with E-state index in [-0.39, 0.29) is 5.70 Å². The van der Waals surface area contributed by atoms with E-state index < -0.39 is 24.4 Å². The molecule has 0 atom stereocenters. The van der Waals surface area contributed by atoms with Crippen molar-refractivity contribution in [3.63, 3.8) is 0 Å². The monoisotopic (exact) mass is 505 g/mol. The molecule has 38 heavy (non-hydrogen) atoms. The van der Waals surface area contributed by atoms with Gasteiger partial charge in [-0.1, -0.05) is 48.5 Å². The molecule has 1 aliphatic heterocycles. The van der Waals surface area contributed by atoms with Crippen molar-refractivity contribution in [1.29, 1.82) is 5.26 Å². The highest BCUT2D eigenvalue weighted by atomic mass is 16.5. The predicted molar refractivity (Wildman–Crippen MR) is 142 cm³/mol. The molecule has 1 fully saturated rings. The molecule has 4 aromatic rings. The van der Waals surface area contributed by atoms with Gasteiger partial charge in [-0.25, -0.2) is 9.69 Å². The molecular weight excluding hydrogens is 482 g/mol. The number of methoxy groups -OCH3 is 1. The van der Waals surface area contributed by atoms with Gasteiger partial charge < -0.3 is 19.9 Å². The Kier molecular flexibility index (Phi) is 6.61. The highest BCUT2D eigenvalue weighted by Gasteiger charge is 2.35. The normalized spacial score (nSPS) is 14.0. The van der Waals surface area contributed by atoms with Crippen LogP contribution in [0, 0.1) is 11.3 Å². The van der Waals surface area contributed by atoms with E-state index in [4.69, 9.17) is 4.74 Å². The van der Waals surface area contributed by atoms with Gasteiger partial charge in [0.05, 0.1) is 24.4 Å². The highest BCUT2D eigenvalue weighted by Crippen LogP contribution is 2.27. The molecule has 0 spiro atoms. The third-order valence-electron chi connectivity index (χ3n) is 6.24. The van der Waals surface area contributed by atoms with Gasteiger partial charge in [0, 0.05) is 29.2 Å². The number of imide groups is 1. The van der Waals surface area contributed by atoms with Crippen LogP contribution >= 0.6 is 0 Å². The standard InChI is InChI=1S/C29H23N5O4/c1-38-26-13-7-5-11-23(26)31-27(35)18-34-28(36)24(32-29(34)37)14-21-17-33(25-12-6-4-10-22(21)25)16-20-9-3-2-8-19(20)15-30/h2-14,17H,16,18H2,1H3,(H,31,35)(H,32,37)/b24-14+. The summed E-state index contributed by atoms with van der Waals surface area (Å²) in [6.07, 6.45) is 3.48. The number of carbonyl (C=O) groups excluding carboxylic acids is 3. The van der Waals surface area contributed by atoms with Crippen molar-refractivity contribution in [1.82, 2.24) is 14.8 Å². The molecule has 0 radical (unpaired) electrons. The van der Waals surface area contributed by atoms with Gasteiger partial charge >= 0.3 is 6.03 Å². The van der Waals surface area contributed by atoms with E-state index in [2.05, 4.69) is 16.7 Å². The fourth-order valence-corrected chi connectivity index (χ4v) is 4.42. The Morgan fingerprint density at radius 3 is 2.61 bits per heavy atom. The van der Waals surface area contributed by atoms with E-state index in [1.165, 1.54) is 7.11 Å². The van der Waals surface area contributed by atoms with E-state index >= 15 is 0 Å². The number of anilines is 1. The topological polar surface area (TPSA) is 116 Å². The summed E-state index contributed by atoms with van der Waals surface area (Å²) < 4.78 is 7.23. The summed E-state index contributed by atoms with van der Waals surface area (Å²) in [5.41, 5.74) is 3.60. The van der Waals surface area contributed by atoms with Crippen molar-refractivity contribution in [3.05, 3.63) is 101 Å². The minimum absolute atomic E-state index is 0.0698. The van der Waals surface area contributed by atoms with E-state index in [0.717, 1.165) is 26.9 Å². The number of nitriles is 1. The van der Waals surface area contributed by atoms with Crippen LogP contribution in [-0.4, -0.2) is 41.0 Å². The fraction of sp³-hybridized carbons (Fsp3) is 0.103. The Morgan fingerprint density at radius 1 is 1.05 bits per heavy atom. The number of rotatable bonds is 7. The molecule has 3 aromatic carbocycles. The number of ether oxygens (including phenoxy) is 1. The molecule has 1 saturated heterocycles. The fourth-order valence-electron chi connectivity index (χ4n) is 4.42. The molecule has 0 bridgehead atoms. The molecular formula is C29H23N5O4. The van der Waals surface area contributed by atoms with Crippen molar-refractivity contribution >= 4 is 40.5 Å². The molecule has 9 heteroatoms. The maximum absolute atomic E-state index is 13.1. The molecule has 2 heterocycles. The number of benzene rings is 3. The number of para-hydroxylation sites is 3. The smallest absolute Gasteiger partial charge is 0.329 e. The van der Waals surface area contributed by atoms with Crippen molar-refractivity contribution in [2.45, 2.75) is 6.54 Å². The average Bonchev–Trinajstić information content (AvgIpc) is 3.41. The van der Waals surface area contributed by atoms with Gasteiger partial charge in [-0.2, -0.15) is 5.26 Å². The average molecular weight is 506 g/mol. The summed E-state index contributed by atoms with van der Waals surface area (Å²) >= 11 is 0. The lowest BCUT2D eigenvalue weighted by Gasteiger charge is -2.13. The zero-order valence-electron chi connectivity index (χ0n) is 20.5. The second-order valence-corrected chi connectivity index (χ2v) is 8.63. The molecule has 2 N–H and O–H groups in total. The molecule has 188 valence electrons. The highest BCUT2D eigenvalue weighted by molar-refractivity contribution is 6.16. The lowest BCUT2D eigenvalue weighted by atomic mass is 10.1. The molecule has 0 saturated carbocycles. The minimum atomic E-state index is -0.678. The van der Waals surface area contributed by atoms with Crippen LogP contribution in [0.15, 0.2) is 84.7 Å². The van der Waals surface area contributed by atoms with Gasteiger partial charge in [0.2, 0.25) is 5.91 Å². The van der Waals surface area contributed by atoms with Crippen LogP contribution in [0.1, 0.15) is 16.7 Å². The number of nitrogens with one attached hydrogen (secondary N) is 2. The van der Waals surface area contributed by atoms with Crippen LogP contribution in [0.3, 0.4) is 0 Å². The van der Waals surface area contributed by atoms with Crippen LogP contribution in [0.2, 0.25) is 0 Å². The van der Waals surface area contributed by atoms with Crippen LogP contribution in [0.25, 0.3) is 17.0 Å². The lowest BCUT2D eigenvalue weighted by molar-refractivity contribution is -0.127. The number of hydrogen-bond acceptors (Lipinski definition) is 5. The van der Waals surface area contributed by atoms with Gasteiger partial charge in [0.25, 0.3) is 5.91 Å². The first-order valence-corrected chi connectivity index (χ1v) is 11.8. The summed E-state index contributed by atoms with van der Waals surface area (Å²) in [5, 5.41) is 15.6. The number of hydrogen-bond donors (Lipinski definition) is 2. The molecule has 4 amide bonds. The van der Waals surface area contributed by atoms with E-state index in [0.29, 0.717) is 23.5 Å². The van der Waals surface area contributed by atoms with Crippen molar-refractivity contribution < 1.29 is 19.1 Å². The summed E-state index contributed by atoms with van der Waals surface area (Å²) in [5.74, 6) is -0.670. The second kappa shape index (κ2) is 10.3. The molecule has 0 unspecified atom stereocenters. The number of amides is 4. The first-order valence-electron chi connectivity index (χ1n) is 11.8. The zero-order valence-corrected chi connectivity index (χ0v) is 20.5. The summed E-state index contributed by atoms with van der Waals surface area (Å²) in [7, 11) is 1.48. The molecule has 9 nitrogen and oxygen atoms in total. The quantitative estimate of drug-likeness (QED) is 0.290. The van der Waals surface area contributed by atoms with Gasteiger partial charge in [0.15, 0.2) is 0 Å². The Hall–Kier alpha value is -5.36. The Bertz CT molecular complexity index is 1650. The number of carbonyl (C=O) groups is 3. The first kappa shape index (κ1) is 24.3. The summed E-state index contributed by atoms with van der Waals surface area (Å²) in [4.78, 5) is 39.1. The van der Waals surface area contributed by atoms with E-state index in [9.17, 15) is 19.6 Å². The third kappa shape index (κ3) is 4.70. The zero-order chi connectivity index (χ0) is 26.6. The SMILES string of the molecule is COc1ccccc1NC(=O)CN1C(=O)N/C(=C/c2cn(Cc3ccccc3C#N)c3ccccc23)C1=O. The first-order chi connectivity index (χ1) is 18.5. The summed E-state index contributed by atoms with van der Waals surface area (Å²) in [6.45, 7) is 0.00965. The number of fused-ring (bicyclic) bond motifs is 1. The Morgan fingerprint density at radius 2 is 1.79 bits per heavy atom. The Labute approximate surface area is 218 Å². The predicted octanol–water partition coefficient (Wildman–Crippen LogP) is 4.10. The van der Waals surface area contributed by atoms with Crippen LogP contribution < -0.4 is 15.4 Å². The van der Waals surface area contributed by atoms with Crippen molar-refractivity contribution in [3.8, 4) is 11.8 Å². The number of urea groups is 1. The third-order valence-corrected chi connectivity index (χ3v) is 6.24. The largest absolute Gasteiger partial charge is 0.495 e. The molecule has 1 aliphatic rings. The van der Waals surface area contributed by atoms with E-state index in [1.807, 2.05) is 53.2 Å². The maximum Gasteiger partial charge on any atom is 0.329 e. The van der Waals surface area contributed by atoms with Gasteiger partial charge in [0.1, 0.15) is 18.0 Å². The maximum atomic E-state index is 13.1. The van der Waals surface area contributed by atoms with Gasteiger partial charge in [-0.15, -0.1) is 0 Å². The van der Waals surface area contributed by atoms with Gasteiger partial charge in [-0.05, 0) is 35.9 Å². The Balaban J connectivity index is 1.39. The van der Waals surface area contributed by atoms with Crippen molar-refractivity contribution in [2.24, 2.45) is 0 Å². The molecule has 0 aliphatic carbocycles. The van der Waals surface area contributed by atoms with Crippen LogP contribution in [0.5, 0.6) is 5.75 Å². The van der Waals surface area contributed by atoms with Crippen LogP contribution in [-0.2, 0) is 16.1 Å². The minimum Gasteiger partial charge on any atom is -0.495 e. The van der Waals surface area contributed by atoms with Crippen LogP contribution in [0.4, 0.5) is 10.5 Å². The number of nitrogens with zero attached hydrogens (tertiary/aromatic N) is 3. The summed E-state index contributed by atoms with van der Waals surface area (Å²) in [6, 6.07) is 23.5. The van der Waals surface area contributed by atoms with E-state index in [1.54, 1.807) is 36.4 Å². The lowest BCUT2D eigenvalue weighted by Crippen LogP contribution is -2.38. The molecule has 5 rings (SSSR count). The molecule has 1 aromatic heterocycles. The number of aromatic nitrogens is 1. The van der Waals surface area contributed by atoms with Gasteiger partial charge in [-0.3, -0.25) is 9.59 Å². The van der Waals surface area contributed by atoms with Crippen molar-refractivity contribution in [2.75, 3.05) is 19.0 Å².